The normalized spacial score (nSPS) is 23.3. The minimum Gasteiger partial charge on any atom is -0.383 e. The highest BCUT2D eigenvalue weighted by Gasteiger charge is 2.29. The summed E-state index contributed by atoms with van der Waals surface area (Å²) >= 11 is 0. The van der Waals surface area contributed by atoms with E-state index in [1.165, 1.54) is 12.1 Å². The van der Waals surface area contributed by atoms with Gasteiger partial charge in [0.2, 0.25) is 0 Å². The second kappa shape index (κ2) is 5.85. The molecule has 2 heterocycles. The van der Waals surface area contributed by atoms with Gasteiger partial charge in [0.25, 0.3) is 5.56 Å². The first-order valence-corrected chi connectivity index (χ1v) is 7.25. The predicted molar refractivity (Wildman–Crippen MR) is 77.8 cm³/mol. The second-order valence-electron chi connectivity index (χ2n) is 5.80. The van der Waals surface area contributed by atoms with Crippen molar-refractivity contribution in [1.29, 1.82) is 0 Å². The number of halogens is 1. The van der Waals surface area contributed by atoms with Crippen LogP contribution in [0.5, 0.6) is 0 Å². The molecule has 1 N–H and O–H groups in total. The van der Waals surface area contributed by atoms with E-state index in [2.05, 4.69) is 17.1 Å². The Morgan fingerprint density at radius 2 is 2.29 bits per heavy atom. The molecular weight excluding hydrogens is 271 g/mol. The number of nitrogens with one attached hydrogen (secondary N) is 1. The van der Waals surface area contributed by atoms with E-state index in [4.69, 9.17) is 4.52 Å². The Morgan fingerprint density at radius 1 is 1.43 bits per heavy atom. The van der Waals surface area contributed by atoms with Crippen LogP contribution in [0.4, 0.5) is 4.39 Å². The molecule has 1 fully saturated rings. The fourth-order valence-electron chi connectivity index (χ4n) is 3.10. The van der Waals surface area contributed by atoms with Crippen molar-refractivity contribution in [2.45, 2.75) is 31.2 Å². The first-order valence-electron chi connectivity index (χ1n) is 7.25. The van der Waals surface area contributed by atoms with Crippen LogP contribution in [-0.2, 0) is 6.42 Å². The Hall–Kier alpha value is -1.88. The van der Waals surface area contributed by atoms with Gasteiger partial charge in [-0.2, -0.15) is 5.16 Å². The van der Waals surface area contributed by atoms with Crippen LogP contribution in [0.2, 0.25) is 0 Å². The van der Waals surface area contributed by atoms with Crippen molar-refractivity contribution in [2.75, 3.05) is 13.6 Å². The number of rotatable bonds is 3. The number of aromatic nitrogens is 1. The molecule has 1 aromatic carbocycles. The topological polar surface area (TPSA) is 49.2 Å². The summed E-state index contributed by atoms with van der Waals surface area (Å²) in [5, 5.41) is 2.36. The molecule has 3 rings (SSSR count). The van der Waals surface area contributed by atoms with E-state index < -0.39 is 0 Å². The maximum Gasteiger partial charge on any atom is 0.280 e. The van der Waals surface area contributed by atoms with Crippen LogP contribution >= 0.6 is 0 Å². The Kier molecular flexibility index (Phi) is 3.92. The van der Waals surface area contributed by atoms with Gasteiger partial charge in [0.05, 0.1) is 0 Å². The van der Waals surface area contributed by atoms with Crippen LogP contribution < -0.4 is 5.56 Å². The average molecular weight is 290 g/mol. The van der Waals surface area contributed by atoms with Crippen LogP contribution in [0.1, 0.15) is 30.1 Å². The molecule has 0 bridgehead atoms. The van der Waals surface area contributed by atoms with E-state index in [-0.39, 0.29) is 17.3 Å². The SMILES string of the molecule is CN1CC[C@H](c2cc(=O)[nH]o2)C[C@@H]1Cc1cccc(F)c1. The highest BCUT2D eigenvalue weighted by atomic mass is 19.1. The third kappa shape index (κ3) is 3.24. The largest absolute Gasteiger partial charge is 0.383 e. The molecule has 1 aliphatic rings. The summed E-state index contributed by atoms with van der Waals surface area (Å²) in [5.74, 6) is 0.787. The molecule has 0 spiro atoms. The summed E-state index contributed by atoms with van der Waals surface area (Å²) in [6.45, 7) is 0.944. The Bertz CT molecular complexity index is 664. The van der Waals surface area contributed by atoms with Crippen molar-refractivity contribution >= 4 is 0 Å². The number of H-pyrrole nitrogens is 1. The van der Waals surface area contributed by atoms with E-state index in [0.29, 0.717) is 6.04 Å². The zero-order valence-corrected chi connectivity index (χ0v) is 12.0. The van der Waals surface area contributed by atoms with Crippen molar-refractivity contribution in [3.05, 3.63) is 57.8 Å². The lowest BCUT2D eigenvalue weighted by atomic mass is 9.86. The molecule has 0 amide bonds. The van der Waals surface area contributed by atoms with Gasteiger partial charge in [-0.3, -0.25) is 4.79 Å². The van der Waals surface area contributed by atoms with E-state index in [1.54, 1.807) is 12.1 Å². The van der Waals surface area contributed by atoms with Crippen LogP contribution in [0.15, 0.2) is 39.6 Å². The molecule has 0 radical (unpaired) electrons. The van der Waals surface area contributed by atoms with Crippen molar-refractivity contribution in [3.63, 3.8) is 0 Å². The highest BCUT2D eigenvalue weighted by molar-refractivity contribution is 5.18. The summed E-state index contributed by atoms with van der Waals surface area (Å²) in [6.07, 6.45) is 2.68. The fourth-order valence-corrected chi connectivity index (χ4v) is 3.10. The van der Waals surface area contributed by atoms with Gasteiger partial charge in [-0.15, -0.1) is 0 Å². The third-order valence-corrected chi connectivity index (χ3v) is 4.32. The first-order chi connectivity index (χ1) is 10.1. The molecule has 1 aromatic heterocycles. The molecule has 2 aromatic rings. The van der Waals surface area contributed by atoms with Crippen LogP contribution in [0.3, 0.4) is 0 Å². The zero-order chi connectivity index (χ0) is 14.8. The van der Waals surface area contributed by atoms with Gasteiger partial charge in [-0.25, -0.2) is 4.39 Å². The Labute approximate surface area is 122 Å². The average Bonchev–Trinajstić information content (AvgIpc) is 2.88. The standard InChI is InChI=1S/C16H19FN2O2/c1-19-6-5-12(15-10-16(20)18-21-15)9-14(19)8-11-3-2-4-13(17)7-11/h2-4,7,10,12,14H,5-6,8-9H2,1H3,(H,18,20)/t12-,14-/m0/s1. The quantitative estimate of drug-likeness (QED) is 0.945. The molecule has 0 unspecified atom stereocenters. The molecule has 5 heteroatoms. The van der Waals surface area contributed by atoms with Crippen molar-refractivity contribution < 1.29 is 8.91 Å². The van der Waals surface area contributed by atoms with Gasteiger partial charge in [0, 0.05) is 18.0 Å². The van der Waals surface area contributed by atoms with Crippen molar-refractivity contribution in [2.24, 2.45) is 0 Å². The molecule has 2 atom stereocenters. The number of benzene rings is 1. The molecule has 112 valence electrons. The monoisotopic (exact) mass is 290 g/mol. The summed E-state index contributed by atoms with van der Waals surface area (Å²) in [7, 11) is 2.09. The Balaban J connectivity index is 1.73. The number of likely N-dealkylation sites (N-methyl/N-ethyl adjacent to an activating group) is 1. The van der Waals surface area contributed by atoms with Crippen LogP contribution in [0.25, 0.3) is 0 Å². The zero-order valence-electron chi connectivity index (χ0n) is 12.0. The lowest BCUT2D eigenvalue weighted by molar-refractivity contribution is 0.155. The van der Waals surface area contributed by atoms with E-state index >= 15 is 0 Å². The van der Waals surface area contributed by atoms with E-state index in [1.807, 2.05) is 6.07 Å². The van der Waals surface area contributed by atoms with Crippen molar-refractivity contribution in [1.82, 2.24) is 10.1 Å². The fraction of sp³-hybridized carbons (Fsp3) is 0.438. The van der Waals surface area contributed by atoms with Gasteiger partial charge in [-0.1, -0.05) is 12.1 Å². The second-order valence-corrected chi connectivity index (χ2v) is 5.80. The summed E-state index contributed by atoms with van der Waals surface area (Å²) in [5.41, 5.74) is 0.814. The lowest BCUT2D eigenvalue weighted by Crippen LogP contribution is -2.40. The summed E-state index contributed by atoms with van der Waals surface area (Å²) < 4.78 is 18.5. The van der Waals surface area contributed by atoms with Gasteiger partial charge < -0.3 is 9.42 Å². The Morgan fingerprint density at radius 3 is 3.00 bits per heavy atom. The maximum atomic E-state index is 13.3. The molecule has 0 aliphatic carbocycles. The van der Waals surface area contributed by atoms with Crippen molar-refractivity contribution in [3.8, 4) is 0 Å². The number of likely N-dealkylation sites (tertiary alicyclic amines) is 1. The van der Waals surface area contributed by atoms with Crippen LogP contribution in [-0.4, -0.2) is 29.7 Å². The highest BCUT2D eigenvalue weighted by Crippen LogP contribution is 2.31. The van der Waals surface area contributed by atoms with Gasteiger partial charge >= 0.3 is 0 Å². The summed E-state index contributed by atoms with van der Waals surface area (Å²) in [4.78, 5) is 13.5. The third-order valence-electron chi connectivity index (χ3n) is 4.32. The van der Waals surface area contributed by atoms with E-state index in [9.17, 15) is 9.18 Å². The minimum atomic E-state index is -0.195. The molecule has 21 heavy (non-hydrogen) atoms. The van der Waals surface area contributed by atoms with Gasteiger partial charge in [0.15, 0.2) is 0 Å². The number of hydrogen-bond acceptors (Lipinski definition) is 3. The first kappa shape index (κ1) is 14.1. The smallest absolute Gasteiger partial charge is 0.280 e. The van der Waals surface area contributed by atoms with Gasteiger partial charge in [0.1, 0.15) is 11.6 Å². The predicted octanol–water partition coefficient (Wildman–Crippen LogP) is 2.53. The minimum absolute atomic E-state index is 0.189. The maximum absolute atomic E-state index is 13.3. The lowest BCUT2D eigenvalue weighted by Gasteiger charge is -2.36. The van der Waals surface area contributed by atoms with E-state index in [0.717, 1.165) is 37.1 Å². The summed E-state index contributed by atoms with van der Waals surface area (Å²) in [6, 6.07) is 8.62. The molecule has 1 aliphatic heterocycles. The van der Waals surface area contributed by atoms with Crippen LogP contribution in [0, 0.1) is 5.82 Å². The molecular formula is C16H19FN2O2. The molecule has 0 saturated carbocycles. The number of aromatic amines is 1. The van der Waals surface area contributed by atoms with Gasteiger partial charge in [-0.05, 0) is 50.6 Å². The number of hydrogen-bond donors (Lipinski definition) is 1. The number of piperidine rings is 1. The molecule has 4 nitrogen and oxygen atoms in total. The molecule has 1 saturated heterocycles. The number of nitrogens with zero attached hydrogens (tertiary/aromatic N) is 1.